The van der Waals surface area contributed by atoms with Crippen LogP contribution in [-0.4, -0.2) is 33.0 Å². The van der Waals surface area contributed by atoms with Crippen LogP contribution >= 0.6 is 0 Å². The molecule has 0 aliphatic carbocycles. The molecule has 0 radical (unpaired) electrons. The summed E-state index contributed by atoms with van der Waals surface area (Å²) in [4.78, 5) is 31.8. The lowest BCUT2D eigenvalue weighted by molar-refractivity contribution is -0.117. The Kier molecular flexibility index (Phi) is 5.69. The third-order valence-corrected chi connectivity index (χ3v) is 4.28. The quantitative estimate of drug-likeness (QED) is 0.823. The molecule has 25 heavy (non-hydrogen) atoms. The van der Waals surface area contributed by atoms with Crippen molar-refractivity contribution >= 4 is 23.5 Å². The highest BCUT2D eigenvalue weighted by Gasteiger charge is 2.31. The van der Waals surface area contributed by atoms with Gasteiger partial charge in [-0.15, -0.1) is 0 Å². The second kappa shape index (κ2) is 7.74. The molecule has 0 bridgehead atoms. The second-order valence-electron chi connectivity index (χ2n) is 6.07. The fraction of sp³-hybridized carbons (Fsp3) is 0.333. The summed E-state index contributed by atoms with van der Waals surface area (Å²) in [6.07, 6.45) is 4.01. The minimum absolute atomic E-state index is 0.00150. The first-order valence-electron chi connectivity index (χ1n) is 7.99. The highest BCUT2D eigenvalue weighted by Crippen LogP contribution is 2.34. The number of hydrogen-bond acceptors (Lipinski definition) is 5. The van der Waals surface area contributed by atoms with Gasteiger partial charge in [0.1, 0.15) is 0 Å². The van der Waals surface area contributed by atoms with E-state index in [2.05, 4.69) is 16.9 Å². The zero-order valence-corrected chi connectivity index (χ0v) is 14.5. The lowest BCUT2D eigenvalue weighted by Crippen LogP contribution is -2.45. The molecule has 0 spiro atoms. The van der Waals surface area contributed by atoms with Crippen molar-refractivity contribution in [3.8, 4) is 0 Å². The fourth-order valence-electron chi connectivity index (χ4n) is 2.88. The molecule has 3 rings (SSSR count). The Morgan fingerprint density at radius 1 is 1.24 bits per heavy atom. The molecule has 7 nitrogen and oxygen atoms in total. The Hall–Kier alpha value is -2.96. The number of carbonyl (C=O) groups is 2. The molecule has 7 heteroatoms. The molecule has 1 aromatic carbocycles. The first-order chi connectivity index (χ1) is 11.8. The van der Waals surface area contributed by atoms with Gasteiger partial charge in [0.2, 0.25) is 11.9 Å². The minimum Gasteiger partial charge on any atom is -0.478 e. The molecule has 0 saturated heterocycles. The number of nitrogen functional groups attached to an aromatic ring is 1. The number of rotatable bonds is 1. The number of amides is 1. The van der Waals surface area contributed by atoms with E-state index in [0.29, 0.717) is 11.9 Å². The van der Waals surface area contributed by atoms with Gasteiger partial charge in [-0.05, 0) is 49.1 Å². The van der Waals surface area contributed by atoms with E-state index in [-0.39, 0.29) is 17.5 Å². The Morgan fingerprint density at radius 3 is 2.36 bits per heavy atom. The number of carbonyl (C=O) groups excluding carboxylic acids is 1. The number of hydrogen-bond donors (Lipinski definition) is 2. The molecule has 1 unspecified atom stereocenters. The van der Waals surface area contributed by atoms with Gasteiger partial charge in [0.05, 0.1) is 5.56 Å². The van der Waals surface area contributed by atoms with Crippen molar-refractivity contribution in [2.75, 3.05) is 10.6 Å². The Morgan fingerprint density at radius 2 is 1.88 bits per heavy atom. The molecular weight excluding hydrogens is 320 g/mol. The van der Waals surface area contributed by atoms with E-state index in [1.165, 1.54) is 0 Å². The standard InChI is InChI=1S/C14H17NO3.C4H5N3/c1-8-6-12-7-11(14(17)18)4-5-13(12)15(9(8)2)10(3)16;5-4-6-2-1-3-7-4/h4-5,7-9H,6H2,1-3H3,(H,17,18);1-3H,(H2,5,6,7)/t8?,9-;/m0./s1. The summed E-state index contributed by atoms with van der Waals surface area (Å²) < 4.78 is 0. The third-order valence-electron chi connectivity index (χ3n) is 4.28. The third kappa shape index (κ3) is 4.32. The summed E-state index contributed by atoms with van der Waals surface area (Å²) in [5, 5.41) is 9.00. The number of nitrogens with two attached hydrogens (primary N) is 1. The van der Waals surface area contributed by atoms with Gasteiger partial charge in [0.15, 0.2) is 0 Å². The van der Waals surface area contributed by atoms with Gasteiger partial charge in [-0.1, -0.05) is 6.92 Å². The maximum Gasteiger partial charge on any atom is 0.335 e. The molecule has 1 aliphatic heterocycles. The van der Waals surface area contributed by atoms with Crippen molar-refractivity contribution in [2.24, 2.45) is 5.92 Å². The first kappa shape index (κ1) is 18.4. The second-order valence-corrected chi connectivity index (χ2v) is 6.07. The lowest BCUT2D eigenvalue weighted by atomic mass is 9.87. The van der Waals surface area contributed by atoms with Crippen LogP contribution < -0.4 is 10.6 Å². The van der Waals surface area contributed by atoms with E-state index in [1.54, 1.807) is 48.5 Å². The molecular formula is C18H22N4O3. The van der Waals surface area contributed by atoms with Crippen molar-refractivity contribution in [2.45, 2.75) is 33.2 Å². The summed E-state index contributed by atoms with van der Waals surface area (Å²) in [6, 6.07) is 6.83. The number of aromatic nitrogens is 2. The van der Waals surface area contributed by atoms with Crippen molar-refractivity contribution in [1.29, 1.82) is 0 Å². The van der Waals surface area contributed by atoms with Crippen LogP contribution in [0.25, 0.3) is 0 Å². The highest BCUT2D eigenvalue weighted by molar-refractivity contribution is 5.95. The van der Waals surface area contributed by atoms with E-state index in [9.17, 15) is 9.59 Å². The van der Waals surface area contributed by atoms with Crippen LogP contribution in [0.1, 0.15) is 36.7 Å². The summed E-state index contributed by atoms with van der Waals surface area (Å²) in [5.41, 5.74) is 7.20. The molecule has 3 N–H and O–H groups in total. The first-order valence-corrected chi connectivity index (χ1v) is 7.99. The van der Waals surface area contributed by atoms with Gasteiger partial charge in [0, 0.05) is 31.0 Å². The molecule has 2 aromatic rings. The normalized spacial score (nSPS) is 18.6. The van der Waals surface area contributed by atoms with Crippen LogP contribution in [0, 0.1) is 5.92 Å². The number of aromatic carboxylic acids is 1. The van der Waals surface area contributed by atoms with Crippen LogP contribution in [0.2, 0.25) is 0 Å². The Balaban J connectivity index is 0.000000269. The molecule has 2 atom stereocenters. The van der Waals surface area contributed by atoms with E-state index in [4.69, 9.17) is 10.8 Å². The van der Waals surface area contributed by atoms with E-state index < -0.39 is 5.97 Å². The van der Waals surface area contributed by atoms with Crippen LogP contribution in [0.4, 0.5) is 11.6 Å². The number of carboxylic acid groups (broad SMARTS) is 1. The summed E-state index contributed by atoms with van der Waals surface area (Å²) >= 11 is 0. The number of carboxylic acids is 1. The smallest absolute Gasteiger partial charge is 0.335 e. The van der Waals surface area contributed by atoms with E-state index in [0.717, 1.165) is 17.7 Å². The van der Waals surface area contributed by atoms with Crippen molar-refractivity contribution in [3.05, 3.63) is 47.8 Å². The maximum absolute atomic E-state index is 11.7. The van der Waals surface area contributed by atoms with Crippen molar-refractivity contribution in [3.63, 3.8) is 0 Å². The number of benzene rings is 1. The van der Waals surface area contributed by atoms with Gasteiger partial charge in [-0.2, -0.15) is 0 Å². The minimum atomic E-state index is -0.932. The van der Waals surface area contributed by atoms with Crippen LogP contribution in [0.15, 0.2) is 36.7 Å². The lowest BCUT2D eigenvalue weighted by Gasteiger charge is -2.39. The Bertz CT molecular complexity index is 764. The van der Waals surface area contributed by atoms with Crippen LogP contribution in [0.5, 0.6) is 0 Å². The molecule has 0 fully saturated rings. The maximum atomic E-state index is 11.7. The van der Waals surface area contributed by atoms with Crippen molar-refractivity contribution < 1.29 is 14.7 Å². The topological polar surface area (TPSA) is 109 Å². The summed E-state index contributed by atoms with van der Waals surface area (Å²) in [7, 11) is 0. The monoisotopic (exact) mass is 342 g/mol. The zero-order chi connectivity index (χ0) is 18.6. The zero-order valence-electron chi connectivity index (χ0n) is 14.5. The molecule has 1 aliphatic rings. The van der Waals surface area contributed by atoms with Gasteiger partial charge >= 0.3 is 5.97 Å². The number of anilines is 2. The summed E-state index contributed by atoms with van der Waals surface area (Å²) in [6.45, 7) is 5.65. The molecule has 1 amide bonds. The van der Waals surface area contributed by atoms with Crippen LogP contribution in [-0.2, 0) is 11.2 Å². The van der Waals surface area contributed by atoms with Crippen molar-refractivity contribution in [1.82, 2.24) is 9.97 Å². The molecule has 1 aromatic heterocycles. The van der Waals surface area contributed by atoms with Crippen LogP contribution in [0.3, 0.4) is 0 Å². The molecule has 0 saturated carbocycles. The molecule has 132 valence electrons. The van der Waals surface area contributed by atoms with Gasteiger partial charge in [0.25, 0.3) is 0 Å². The average Bonchev–Trinajstić information content (AvgIpc) is 2.56. The van der Waals surface area contributed by atoms with E-state index in [1.807, 2.05) is 6.92 Å². The van der Waals surface area contributed by atoms with Gasteiger partial charge < -0.3 is 15.7 Å². The van der Waals surface area contributed by atoms with Gasteiger partial charge in [-0.25, -0.2) is 14.8 Å². The number of nitrogens with zero attached hydrogens (tertiary/aromatic N) is 3. The largest absolute Gasteiger partial charge is 0.478 e. The fourth-order valence-corrected chi connectivity index (χ4v) is 2.88. The SMILES string of the molecule is CC(=O)N1c2ccc(C(=O)O)cc2CC(C)[C@@H]1C.Nc1ncccn1. The Labute approximate surface area is 146 Å². The van der Waals surface area contributed by atoms with E-state index >= 15 is 0 Å². The highest BCUT2D eigenvalue weighted by atomic mass is 16.4. The predicted octanol–water partition coefficient (Wildman–Crippen LogP) is 2.38. The number of fused-ring (bicyclic) bond motifs is 1. The average molecular weight is 342 g/mol. The summed E-state index contributed by atoms with van der Waals surface area (Å²) in [5.74, 6) is -0.287. The molecule has 2 heterocycles. The van der Waals surface area contributed by atoms with Gasteiger partial charge in [-0.3, -0.25) is 4.79 Å². The predicted molar refractivity (Wildman–Crippen MR) is 95.3 cm³/mol.